The van der Waals surface area contributed by atoms with E-state index >= 15 is 0 Å². The topological polar surface area (TPSA) is 35.5 Å². The summed E-state index contributed by atoms with van der Waals surface area (Å²) >= 11 is 0. The highest BCUT2D eigenvalue weighted by molar-refractivity contribution is 5.63. The Kier molecular flexibility index (Phi) is 15.6. The Bertz CT molecular complexity index is 444. The van der Waals surface area contributed by atoms with Gasteiger partial charge in [0.05, 0.1) is 6.61 Å². The van der Waals surface area contributed by atoms with E-state index in [0.29, 0.717) is 12.4 Å². The molecule has 1 rings (SSSR count). The minimum absolute atomic E-state index is 0.448. The maximum atomic E-state index is 11.5. The van der Waals surface area contributed by atoms with Crippen LogP contribution in [0.4, 0.5) is 4.79 Å². The van der Waals surface area contributed by atoms with Crippen molar-refractivity contribution in [3.8, 4) is 5.75 Å². The van der Waals surface area contributed by atoms with Crippen molar-refractivity contribution in [1.82, 2.24) is 0 Å². The van der Waals surface area contributed by atoms with E-state index in [9.17, 15) is 4.79 Å². The van der Waals surface area contributed by atoms with Gasteiger partial charge in [-0.3, -0.25) is 0 Å². The molecule has 0 unspecified atom stereocenters. The SMILES string of the molecule is CCCCCCCCCCCCCCCCCOC(=O)Oc1ccccc1. The van der Waals surface area contributed by atoms with Gasteiger partial charge in [0, 0.05) is 0 Å². The highest BCUT2D eigenvalue weighted by Crippen LogP contribution is 2.13. The van der Waals surface area contributed by atoms with Crippen molar-refractivity contribution >= 4 is 6.16 Å². The van der Waals surface area contributed by atoms with Crippen molar-refractivity contribution in [2.45, 2.75) is 103 Å². The molecule has 0 bridgehead atoms. The van der Waals surface area contributed by atoms with Gasteiger partial charge >= 0.3 is 6.16 Å². The van der Waals surface area contributed by atoms with Gasteiger partial charge in [0.2, 0.25) is 0 Å². The van der Waals surface area contributed by atoms with Crippen LogP contribution in [0.15, 0.2) is 30.3 Å². The summed E-state index contributed by atoms with van der Waals surface area (Å²) in [5.41, 5.74) is 0. The molecule has 3 heteroatoms. The first kappa shape index (κ1) is 23.5. The normalized spacial score (nSPS) is 10.7. The van der Waals surface area contributed by atoms with Crippen molar-refractivity contribution in [2.24, 2.45) is 0 Å². The summed E-state index contributed by atoms with van der Waals surface area (Å²) < 4.78 is 10.2. The van der Waals surface area contributed by atoms with Crippen LogP contribution in [0.5, 0.6) is 5.75 Å². The van der Waals surface area contributed by atoms with Crippen LogP contribution in [0.1, 0.15) is 103 Å². The quantitative estimate of drug-likeness (QED) is 0.157. The summed E-state index contributed by atoms with van der Waals surface area (Å²) in [7, 11) is 0. The van der Waals surface area contributed by atoms with Gasteiger partial charge in [-0.25, -0.2) is 4.79 Å². The number of hydrogen-bond donors (Lipinski definition) is 0. The Morgan fingerprint density at radius 2 is 1.11 bits per heavy atom. The molecule has 0 aliphatic heterocycles. The molecule has 0 heterocycles. The molecule has 0 aromatic heterocycles. The van der Waals surface area contributed by atoms with E-state index in [2.05, 4.69) is 6.92 Å². The molecule has 0 saturated heterocycles. The zero-order valence-electron chi connectivity index (χ0n) is 17.4. The molecule has 0 saturated carbocycles. The first-order valence-corrected chi connectivity index (χ1v) is 11.2. The second-order valence-corrected chi connectivity index (χ2v) is 7.46. The first-order valence-electron chi connectivity index (χ1n) is 11.2. The van der Waals surface area contributed by atoms with E-state index in [-0.39, 0.29) is 0 Å². The van der Waals surface area contributed by atoms with Crippen molar-refractivity contribution in [1.29, 1.82) is 0 Å². The van der Waals surface area contributed by atoms with E-state index < -0.39 is 6.16 Å². The lowest BCUT2D eigenvalue weighted by Crippen LogP contribution is -2.11. The standard InChI is InChI=1S/C24H40O3/c1-2-3-4-5-6-7-8-9-10-11-12-13-14-15-19-22-26-24(25)27-23-20-17-16-18-21-23/h16-18,20-21H,2-15,19,22H2,1H3. The van der Waals surface area contributed by atoms with Crippen LogP contribution in [0.2, 0.25) is 0 Å². The second kappa shape index (κ2) is 17.9. The molecule has 0 amide bonds. The Labute approximate surface area is 166 Å². The molecule has 154 valence electrons. The van der Waals surface area contributed by atoms with Crippen LogP contribution in [0, 0.1) is 0 Å². The minimum atomic E-state index is -0.605. The van der Waals surface area contributed by atoms with Crippen molar-refractivity contribution in [3.05, 3.63) is 30.3 Å². The molecule has 0 spiro atoms. The zero-order chi connectivity index (χ0) is 19.4. The molecule has 0 aliphatic carbocycles. The number of benzene rings is 1. The molecule has 0 fully saturated rings. The van der Waals surface area contributed by atoms with Gasteiger partial charge in [0.15, 0.2) is 0 Å². The van der Waals surface area contributed by atoms with Gasteiger partial charge in [-0.1, -0.05) is 115 Å². The third-order valence-corrected chi connectivity index (χ3v) is 4.91. The molecular formula is C24H40O3. The summed E-state index contributed by atoms with van der Waals surface area (Å²) in [6.45, 7) is 2.72. The van der Waals surface area contributed by atoms with Gasteiger partial charge < -0.3 is 9.47 Å². The van der Waals surface area contributed by atoms with Crippen LogP contribution in [-0.4, -0.2) is 12.8 Å². The average Bonchev–Trinajstić information content (AvgIpc) is 2.68. The molecule has 0 radical (unpaired) electrons. The van der Waals surface area contributed by atoms with Crippen molar-refractivity contribution < 1.29 is 14.3 Å². The number of rotatable bonds is 17. The van der Waals surface area contributed by atoms with E-state index in [0.717, 1.165) is 12.8 Å². The fraction of sp³-hybridized carbons (Fsp3) is 0.708. The van der Waals surface area contributed by atoms with Gasteiger partial charge in [-0.2, -0.15) is 0 Å². The number of unbranched alkanes of at least 4 members (excludes halogenated alkanes) is 14. The molecule has 3 nitrogen and oxygen atoms in total. The van der Waals surface area contributed by atoms with Crippen LogP contribution < -0.4 is 4.74 Å². The molecule has 1 aromatic rings. The summed E-state index contributed by atoms with van der Waals surface area (Å²) in [5, 5.41) is 0. The Morgan fingerprint density at radius 1 is 0.667 bits per heavy atom. The van der Waals surface area contributed by atoms with Gasteiger partial charge in [0.1, 0.15) is 5.75 Å². The van der Waals surface area contributed by atoms with E-state index in [1.807, 2.05) is 18.2 Å². The van der Waals surface area contributed by atoms with Gasteiger partial charge in [-0.15, -0.1) is 0 Å². The molecule has 0 atom stereocenters. The lowest BCUT2D eigenvalue weighted by molar-refractivity contribution is 0.0973. The predicted octanol–water partition coefficient (Wildman–Crippen LogP) is 8.07. The Morgan fingerprint density at radius 3 is 1.59 bits per heavy atom. The second-order valence-electron chi connectivity index (χ2n) is 7.46. The monoisotopic (exact) mass is 376 g/mol. The number of carbonyl (C=O) groups excluding carboxylic acids is 1. The third kappa shape index (κ3) is 15.3. The first-order chi connectivity index (χ1) is 13.3. The van der Waals surface area contributed by atoms with Crippen molar-refractivity contribution in [3.63, 3.8) is 0 Å². The van der Waals surface area contributed by atoms with Crippen LogP contribution >= 0.6 is 0 Å². The molecular weight excluding hydrogens is 336 g/mol. The summed E-state index contributed by atoms with van der Waals surface area (Å²) in [5.74, 6) is 0.527. The van der Waals surface area contributed by atoms with E-state index in [1.54, 1.807) is 12.1 Å². The van der Waals surface area contributed by atoms with Gasteiger partial charge in [0.25, 0.3) is 0 Å². The average molecular weight is 377 g/mol. The Balaban J connectivity index is 1.76. The highest BCUT2D eigenvalue weighted by atomic mass is 16.7. The smallest absolute Gasteiger partial charge is 0.434 e. The zero-order valence-corrected chi connectivity index (χ0v) is 17.4. The lowest BCUT2D eigenvalue weighted by atomic mass is 10.0. The van der Waals surface area contributed by atoms with Gasteiger partial charge in [-0.05, 0) is 18.6 Å². The van der Waals surface area contributed by atoms with E-state index in [1.165, 1.54) is 83.5 Å². The molecule has 0 aliphatic rings. The molecule has 27 heavy (non-hydrogen) atoms. The summed E-state index contributed by atoms with van der Waals surface area (Å²) in [6.07, 6.45) is 19.4. The number of carbonyl (C=O) groups is 1. The fourth-order valence-electron chi connectivity index (χ4n) is 3.24. The predicted molar refractivity (Wildman–Crippen MR) is 113 cm³/mol. The Hall–Kier alpha value is -1.51. The molecule has 0 N–H and O–H groups in total. The maximum absolute atomic E-state index is 11.5. The van der Waals surface area contributed by atoms with Crippen LogP contribution in [0.25, 0.3) is 0 Å². The molecule has 1 aromatic carbocycles. The minimum Gasteiger partial charge on any atom is -0.434 e. The number of para-hydroxylation sites is 1. The third-order valence-electron chi connectivity index (χ3n) is 4.91. The summed E-state index contributed by atoms with van der Waals surface area (Å²) in [6, 6.07) is 9.03. The highest BCUT2D eigenvalue weighted by Gasteiger charge is 2.04. The fourth-order valence-corrected chi connectivity index (χ4v) is 3.24. The largest absolute Gasteiger partial charge is 0.513 e. The summed E-state index contributed by atoms with van der Waals surface area (Å²) in [4.78, 5) is 11.5. The number of hydrogen-bond acceptors (Lipinski definition) is 3. The van der Waals surface area contributed by atoms with Crippen molar-refractivity contribution in [2.75, 3.05) is 6.61 Å². The number of ether oxygens (including phenoxy) is 2. The van der Waals surface area contributed by atoms with E-state index in [4.69, 9.17) is 9.47 Å². The van der Waals surface area contributed by atoms with Crippen LogP contribution in [0.3, 0.4) is 0 Å². The van der Waals surface area contributed by atoms with Crippen LogP contribution in [-0.2, 0) is 4.74 Å². The lowest BCUT2D eigenvalue weighted by Gasteiger charge is -2.06. The maximum Gasteiger partial charge on any atom is 0.513 e.